The maximum absolute atomic E-state index is 11.9. The number of anilines is 1. The van der Waals surface area contributed by atoms with E-state index in [-0.39, 0.29) is 5.91 Å². The van der Waals surface area contributed by atoms with Gasteiger partial charge in [-0.1, -0.05) is 0 Å². The molecule has 94 valence electrons. The van der Waals surface area contributed by atoms with Gasteiger partial charge in [-0.15, -0.1) is 0 Å². The van der Waals surface area contributed by atoms with Crippen LogP contribution < -0.4 is 11.1 Å². The van der Waals surface area contributed by atoms with Gasteiger partial charge in [0.25, 0.3) is 5.91 Å². The highest BCUT2D eigenvalue weighted by Gasteiger charge is 2.18. The Bertz CT molecular complexity index is 377. The van der Waals surface area contributed by atoms with Crippen LogP contribution in [-0.4, -0.2) is 35.4 Å². The number of amides is 1. The molecule has 0 spiro atoms. The van der Waals surface area contributed by atoms with Crippen molar-refractivity contribution in [1.82, 2.24) is 15.1 Å². The summed E-state index contributed by atoms with van der Waals surface area (Å²) in [7, 11) is 1.71. The molecule has 0 aromatic carbocycles. The molecule has 0 bridgehead atoms. The number of hydrogen-bond acceptors (Lipinski definition) is 4. The van der Waals surface area contributed by atoms with Gasteiger partial charge in [-0.3, -0.25) is 9.48 Å². The van der Waals surface area contributed by atoms with Crippen molar-refractivity contribution >= 4 is 11.6 Å². The second-order valence-electron chi connectivity index (χ2n) is 4.34. The Morgan fingerprint density at radius 2 is 2.35 bits per heavy atom. The lowest BCUT2D eigenvalue weighted by molar-refractivity contribution is 0.0641. The number of nitrogens with zero attached hydrogens (tertiary/aromatic N) is 2. The number of carbonyl (C=O) groups is 1. The molecule has 1 aliphatic heterocycles. The van der Waals surface area contributed by atoms with Crippen LogP contribution in [-0.2, 0) is 11.8 Å². The molecule has 17 heavy (non-hydrogen) atoms. The monoisotopic (exact) mass is 238 g/mol. The number of nitrogen functional groups attached to an aromatic ring is 1. The van der Waals surface area contributed by atoms with E-state index in [0.717, 1.165) is 26.1 Å². The maximum Gasteiger partial charge on any atom is 0.271 e. The Kier molecular flexibility index (Phi) is 3.63. The van der Waals surface area contributed by atoms with E-state index >= 15 is 0 Å². The topological polar surface area (TPSA) is 82.2 Å². The molecule has 1 saturated heterocycles. The highest BCUT2D eigenvalue weighted by molar-refractivity contribution is 5.97. The van der Waals surface area contributed by atoms with E-state index in [9.17, 15) is 4.79 Å². The van der Waals surface area contributed by atoms with Crippen LogP contribution in [0.3, 0.4) is 0 Å². The van der Waals surface area contributed by atoms with Gasteiger partial charge in [0.1, 0.15) is 5.69 Å². The molecule has 1 aromatic heterocycles. The summed E-state index contributed by atoms with van der Waals surface area (Å²) in [6, 6.07) is 0. The molecule has 1 aromatic rings. The Labute approximate surface area is 100 Å². The first-order chi connectivity index (χ1) is 8.18. The minimum atomic E-state index is -0.158. The number of hydrogen-bond donors (Lipinski definition) is 2. The van der Waals surface area contributed by atoms with Crippen molar-refractivity contribution in [1.29, 1.82) is 0 Å². The largest absolute Gasteiger partial charge is 0.396 e. The molecule has 1 amide bonds. The maximum atomic E-state index is 11.9. The molecule has 1 fully saturated rings. The summed E-state index contributed by atoms with van der Waals surface area (Å²) in [4.78, 5) is 11.9. The third-order valence-corrected chi connectivity index (χ3v) is 3.07. The minimum Gasteiger partial charge on any atom is -0.396 e. The zero-order chi connectivity index (χ0) is 12.3. The summed E-state index contributed by atoms with van der Waals surface area (Å²) in [5, 5.41) is 6.84. The smallest absolute Gasteiger partial charge is 0.271 e. The molecule has 1 aliphatic rings. The van der Waals surface area contributed by atoms with E-state index < -0.39 is 0 Å². The average molecular weight is 238 g/mol. The summed E-state index contributed by atoms with van der Waals surface area (Å²) >= 11 is 0. The molecular formula is C11H18N4O2. The van der Waals surface area contributed by atoms with Gasteiger partial charge in [0.05, 0.1) is 11.9 Å². The lowest BCUT2D eigenvalue weighted by atomic mass is 10.0. The Balaban J connectivity index is 1.89. The van der Waals surface area contributed by atoms with Crippen LogP contribution in [0.25, 0.3) is 0 Å². The van der Waals surface area contributed by atoms with Crippen molar-refractivity contribution in [3.63, 3.8) is 0 Å². The van der Waals surface area contributed by atoms with E-state index in [0.29, 0.717) is 23.8 Å². The van der Waals surface area contributed by atoms with Gasteiger partial charge in [0.2, 0.25) is 0 Å². The summed E-state index contributed by atoms with van der Waals surface area (Å²) in [5.74, 6) is 0.344. The number of nitrogens with one attached hydrogen (secondary N) is 1. The first-order valence-corrected chi connectivity index (χ1v) is 5.82. The standard InChI is InChI=1S/C11H18N4O2/c1-15-10(9(12)7-14-15)11(16)13-6-8-2-4-17-5-3-8/h7-8H,2-6,12H2,1H3,(H,13,16). The molecule has 0 atom stereocenters. The Morgan fingerprint density at radius 3 is 2.94 bits per heavy atom. The van der Waals surface area contributed by atoms with E-state index in [2.05, 4.69) is 10.4 Å². The number of ether oxygens (including phenoxy) is 1. The van der Waals surface area contributed by atoms with Crippen LogP contribution in [0.15, 0.2) is 6.20 Å². The number of rotatable bonds is 3. The minimum absolute atomic E-state index is 0.158. The van der Waals surface area contributed by atoms with Crippen molar-refractivity contribution in [2.24, 2.45) is 13.0 Å². The molecular weight excluding hydrogens is 220 g/mol. The van der Waals surface area contributed by atoms with Gasteiger partial charge in [0, 0.05) is 26.8 Å². The zero-order valence-electron chi connectivity index (χ0n) is 9.98. The van der Waals surface area contributed by atoms with Crippen LogP contribution in [0.4, 0.5) is 5.69 Å². The number of carbonyl (C=O) groups excluding carboxylic acids is 1. The Morgan fingerprint density at radius 1 is 1.65 bits per heavy atom. The van der Waals surface area contributed by atoms with E-state index in [1.54, 1.807) is 7.05 Å². The van der Waals surface area contributed by atoms with Crippen molar-refractivity contribution < 1.29 is 9.53 Å². The first-order valence-electron chi connectivity index (χ1n) is 5.82. The van der Waals surface area contributed by atoms with Crippen LogP contribution in [0.1, 0.15) is 23.3 Å². The second-order valence-corrected chi connectivity index (χ2v) is 4.34. The average Bonchev–Trinajstić information content (AvgIpc) is 2.67. The van der Waals surface area contributed by atoms with Gasteiger partial charge in [0.15, 0.2) is 0 Å². The fourth-order valence-electron chi connectivity index (χ4n) is 2.00. The molecule has 2 heterocycles. The second kappa shape index (κ2) is 5.18. The van der Waals surface area contributed by atoms with Crippen molar-refractivity contribution in [2.45, 2.75) is 12.8 Å². The van der Waals surface area contributed by atoms with Gasteiger partial charge in [-0.05, 0) is 18.8 Å². The van der Waals surface area contributed by atoms with Gasteiger partial charge < -0.3 is 15.8 Å². The number of aryl methyl sites for hydroxylation is 1. The molecule has 0 aliphatic carbocycles. The van der Waals surface area contributed by atoms with Crippen LogP contribution in [0.2, 0.25) is 0 Å². The van der Waals surface area contributed by atoms with Crippen LogP contribution in [0, 0.1) is 5.92 Å². The van der Waals surface area contributed by atoms with Crippen molar-refractivity contribution in [3.05, 3.63) is 11.9 Å². The van der Waals surface area contributed by atoms with Crippen LogP contribution >= 0.6 is 0 Å². The molecule has 3 N–H and O–H groups in total. The molecule has 2 rings (SSSR count). The zero-order valence-corrected chi connectivity index (χ0v) is 9.98. The Hall–Kier alpha value is -1.56. The molecule has 6 nitrogen and oxygen atoms in total. The highest BCUT2D eigenvalue weighted by Crippen LogP contribution is 2.14. The molecule has 0 radical (unpaired) electrons. The van der Waals surface area contributed by atoms with E-state index in [4.69, 9.17) is 10.5 Å². The highest BCUT2D eigenvalue weighted by atomic mass is 16.5. The summed E-state index contributed by atoms with van der Waals surface area (Å²) in [6.45, 7) is 2.25. The molecule has 0 unspecified atom stereocenters. The van der Waals surface area contributed by atoms with Gasteiger partial charge >= 0.3 is 0 Å². The van der Waals surface area contributed by atoms with E-state index in [1.165, 1.54) is 10.9 Å². The fraction of sp³-hybridized carbons (Fsp3) is 0.636. The normalized spacial score (nSPS) is 17.0. The summed E-state index contributed by atoms with van der Waals surface area (Å²) in [6.07, 6.45) is 3.49. The van der Waals surface area contributed by atoms with Crippen molar-refractivity contribution in [2.75, 3.05) is 25.5 Å². The van der Waals surface area contributed by atoms with Gasteiger partial charge in [-0.25, -0.2) is 0 Å². The number of aromatic nitrogens is 2. The SMILES string of the molecule is Cn1ncc(N)c1C(=O)NCC1CCOCC1. The predicted molar refractivity (Wildman–Crippen MR) is 63.5 cm³/mol. The third kappa shape index (κ3) is 2.76. The van der Waals surface area contributed by atoms with E-state index in [1.807, 2.05) is 0 Å². The lowest BCUT2D eigenvalue weighted by Gasteiger charge is -2.22. The predicted octanol–water partition coefficient (Wildman–Crippen LogP) is 0.159. The van der Waals surface area contributed by atoms with Crippen molar-refractivity contribution in [3.8, 4) is 0 Å². The number of nitrogens with two attached hydrogens (primary N) is 1. The van der Waals surface area contributed by atoms with Crippen LogP contribution in [0.5, 0.6) is 0 Å². The third-order valence-electron chi connectivity index (χ3n) is 3.07. The quantitative estimate of drug-likeness (QED) is 0.785. The lowest BCUT2D eigenvalue weighted by Crippen LogP contribution is -2.33. The first kappa shape index (κ1) is 11.9. The molecule has 0 saturated carbocycles. The van der Waals surface area contributed by atoms with Gasteiger partial charge in [-0.2, -0.15) is 5.10 Å². The summed E-state index contributed by atoms with van der Waals surface area (Å²) < 4.78 is 6.76. The molecule has 6 heteroatoms. The summed E-state index contributed by atoms with van der Waals surface area (Å²) in [5.41, 5.74) is 6.53. The fourth-order valence-corrected chi connectivity index (χ4v) is 2.00.